The van der Waals surface area contributed by atoms with E-state index < -0.39 is 6.04 Å². The molecule has 0 saturated carbocycles. The highest BCUT2D eigenvalue weighted by Crippen LogP contribution is 2.35. The zero-order chi connectivity index (χ0) is 22.7. The van der Waals surface area contributed by atoms with Gasteiger partial charge in [-0.1, -0.05) is 42.5 Å². The Labute approximate surface area is 188 Å². The molecule has 1 aromatic heterocycles. The molecular formula is C26H28FN3O2. The lowest BCUT2D eigenvalue weighted by molar-refractivity contribution is -0.128. The first-order valence-electron chi connectivity index (χ1n) is 10.8. The van der Waals surface area contributed by atoms with Crippen LogP contribution in [-0.2, 0) is 11.3 Å². The van der Waals surface area contributed by atoms with Crippen molar-refractivity contribution in [2.75, 3.05) is 13.2 Å². The van der Waals surface area contributed by atoms with Gasteiger partial charge in [-0.2, -0.15) is 0 Å². The second kappa shape index (κ2) is 9.09. The lowest BCUT2D eigenvalue weighted by Gasteiger charge is -2.32. The van der Waals surface area contributed by atoms with E-state index in [2.05, 4.69) is 15.2 Å². The predicted octanol–water partition coefficient (Wildman–Crippen LogP) is 4.74. The summed E-state index contributed by atoms with van der Waals surface area (Å²) in [6.07, 6.45) is 3.37. The maximum atomic E-state index is 14.6. The molecule has 0 aliphatic carbocycles. The van der Waals surface area contributed by atoms with E-state index in [0.29, 0.717) is 31.0 Å². The van der Waals surface area contributed by atoms with Gasteiger partial charge in [-0.05, 0) is 44.0 Å². The lowest BCUT2D eigenvalue weighted by Crippen LogP contribution is -2.47. The topological polar surface area (TPSA) is 54.5 Å². The van der Waals surface area contributed by atoms with Gasteiger partial charge in [-0.25, -0.2) is 4.39 Å². The predicted molar refractivity (Wildman–Crippen MR) is 123 cm³/mol. The Bertz CT molecular complexity index is 1110. The Kier molecular flexibility index (Phi) is 6.24. The van der Waals surface area contributed by atoms with E-state index in [1.54, 1.807) is 30.6 Å². The first-order valence-corrected chi connectivity index (χ1v) is 10.8. The summed E-state index contributed by atoms with van der Waals surface area (Å²) in [4.78, 5) is 19.8. The number of nitrogens with one attached hydrogen (secondary N) is 1. The fraction of sp³-hybridized carbons (Fsp3) is 0.308. The summed E-state index contributed by atoms with van der Waals surface area (Å²) in [5, 5.41) is 3.10. The maximum absolute atomic E-state index is 14.6. The monoisotopic (exact) mass is 433 g/mol. The Morgan fingerprint density at radius 3 is 2.59 bits per heavy atom. The molecule has 2 aromatic carbocycles. The molecule has 4 rings (SSSR count). The van der Waals surface area contributed by atoms with Crippen LogP contribution in [0.2, 0.25) is 0 Å². The molecule has 166 valence electrons. The third-order valence-corrected chi connectivity index (χ3v) is 5.41. The zero-order valence-corrected chi connectivity index (χ0v) is 18.6. The molecule has 1 aliphatic heterocycles. The number of hydrogen-bond acceptors (Lipinski definition) is 4. The first-order chi connectivity index (χ1) is 15.3. The van der Waals surface area contributed by atoms with Crippen LogP contribution in [-0.4, -0.2) is 34.5 Å². The van der Waals surface area contributed by atoms with Crippen molar-refractivity contribution >= 4 is 5.91 Å². The van der Waals surface area contributed by atoms with Crippen molar-refractivity contribution < 1.29 is 13.9 Å². The average molecular weight is 434 g/mol. The van der Waals surface area contributed by atoms with Crippen LogP contribution in [0.3, 0.4) is 0 Å². The Morgan fingerprint density at radius 1 is 1.12 bits per heavy atom. The fourth-order valence-corrected chi connectivity index (χ4v) is 4.06. The Morgan fingerprint density at radius 2 is 1.84 bits per heavy atom. The van der Waals surface area contributed by atoms with Crippen LogP contribution in [0.15, 0.2) is 67.0 Å². The molecule has 0 fully saturated rings. The molecule has 0 bridgehead atoms. The molecule has 1 atom stereocenters. The van der Waals surface area contributed by atoms with Crippen LogP contribution in [0.1, 0.15) is 37.9 Å². The van der Waals surface area contributed by atoms with Gasteiger partial charge in [-0.15, -0.1) is 0 Å². The number of aromatic nitrogens is 1. The van der Waals surface area contributed by atoms with E-state index in [4.69, 9.17) is 4.74 Å². The molecular weight excluding hydrogens is 405 g/mol. The molecule has 0 saturated heterocycles. The Hall–Kier alpha value is -3.25. The summed E-state index contributed by atoms with van der Waals surface area (Å²) in [7, 11) is 0. The SMILES string of the molecule is CC(C)(C)NC(=O)C1c2cnccc2OCCN1Cc1ccccc1-c1ccccc1F. The average Bonchev–Trinajstić information content (AvgIpc) is 2.92. The van der Waals surface area contributed by atoms with Gasteiger partial charge < -0.3 is 10.1 Å². The van der Waals surface area contributed by atoms with E-state index in [1.807, 2.05) is 51.1 Å². The first kappa shape index (κ1) is 22.0. The number of carbonyl (C=O) groups excluding carboxylic acids is 1. The third kappa shape index (κ3) is 4.81. The standard InChI is InChI=1S/C26H28FN3O2/c1-26(2,3)29-25(31)24-21-16-28-13-12-23(21)32-15-14-30(24)17-18-8-4-5-9-19(18)20-10-6-7-11-22(20)27/h4-13,16,24H,14-15,17H2,1-3H3,(H,29,31). The Balaban J connectivity index is 1.74. The molecule has 1 aliphatic rings. The lowest BCUT2D eigenvalue weighted by atomic mass is 9.97. The minimum absolute atomic E-state index is 0.111. The number of ether oxygens (including phenoxy) is 1. The second-order valence-corrected chi connectivity index (χ2v) is 9.01. The molecule has 5 nitrogen and oxygen atoms in total. The number of nitrogens with zero attached hydrogens (tertiary/aromatic N) is 2. The van der Waals surface area contributed by atoms with Crippen LogP contribution < -0.4 is 10.1 Å². The number of rotatable bonds is 4. The zero-order valence-electron chi connectivity index (χ0n) is 18.6. The summed E-state index contributed by atoms with van der Waals surface area (Å²) >= 11 is 0. The molecule has 3 aromatic rings. The van der Waals surface area contributed by atoms with Crippen molar-refractivity contribution in [3.63, 3.8) is 0 Å². The summed E-state index contributed by atoms with van der Waals surface area (Å²) in [5.41, 5.74) is 2.65. The largest absolute Gasteiger partial charge is 0.492 e. The molecule has 1 unspecified atom stereocenters. The van der Waals surface area contributed by atoms with Crippen molar-refractivity contribution in [3.05, 3.63) is 83.9 Å². The van der Waals surface area contributed by atoms with Crippen molar-refractivity contribution in [3.8, 4) is 16.9 Å². The summed E-state index contributed by atoms with van der Waals surface area (Å²) in [5.74, 6) is 0.287. The van der Waals surface area contributed by atoms with E-state index >= 15 is 0 Å². The van der Waals surface area contributed by atoms with Gasteiger partial charge in [0.25, 0.3) is 0 Å². The fourth-order valence-electron chi connectivity index (χ4n) is 4.06. The van der Waals surface area contributed by atoms with Crippen LogP contribution in [0.4, 0.5) is 4.39 Å². The molecule has 2 heterocycles. The van der Waals surface area contributed by atoms with E-state index in [9.17, 15) is 9.18 Å². The van der Waals surface area contributed by atoms with Gasteiger partial charge >= 0.3 is 0 Å². The van der Waals surface area contributed by atoms with Gasteiger partial charge in [0.05, 0.1) is 0 Å². The maximum Gasteiger partial charge on any atom is 0.242 e. The molecule has 1 amide bonds. The molecule has 1 N–H and O–H groups in total. The van der Waals surface area contributed by atoms with Crippen molar-refractivity contribution in [1.29, 1.82) is 0 Å². The minimum atomic E-state index is -0.575. The molecule has 32 heavy (non-hydrogen) atoms. The number of halogens is 1. The van der Waals surface area contributed by atoms with Crippen LogP contribution >= 0.6 is 0 Å². The molecule has 0 spiro atoms. The van der Waals surface area contributed by atoms with Gasteiger partial charge in [0.2, 0.25) is 5.91 Å². The number of benzene rings is 2. The van der Waals surface area contributed by atoms with Gasteiger partial charge in [0, 0.05) is 42.1 Å². The van der Waals surface area contributed by atoms with Crippen LogP contribution in [0.25, 0.3) is 11.1 Å². The summed E-state index contributed by atoms with van der Waals surface area (Å²) in [6.45, 7) is 7.32. The molecule has 0 radical (unpaired) electrons. The van der Waals surface area contributed by atoms with Gasteiger partial charge in [-0.3, -0.25) is 14.7 Å². The normalized spacial score (nSPS) is 16.6. The summed E-state index contributed by atoms with van der Waals surface area (Å²) in [6, 6.07) is 15.7. The van der Waals surface area contributed by atoms with Crippen LogP contribution in [0.5, 0.6) is 5.75 Å². The number of fused-ring (bicyclic) bond motifs is 1. The highest BCUT2D eigenvalue weighted by Gasteiger charge is 2.34. The quantitative estimate of drug-likeness (QED) is 0.646. The van der Waals surface area contributed by atoms with Gasteiger partial charge in [0.1, 0.15) is 24.2 Å². The van der Waals surface area contributed by atoms with Crippen molar-refractivity contribution in [2.45, 2.75) is 38.9 Å². The smallest absolute Gasteiger partial charge is 0.242 e. The van der Waals surface area contributed by atoms with E-state index in [0.717, 1.165) is 16.7 Å². The number of hydrogen-bond donors (Lipinski definition) is 1. The highest BCUT2D eigenvalue weighted by molar-refractivity contribution is 5.84. The minimum Gasteiger partial charge on any atom is -0.492 e. The second-order valence-electron chi connectivity index (χ2n) is 9.01. The van der Waals surface area contributed by atoms with E-state index in [-0.39, 0.29) is 17.3 Å². The summed E-state index contributed by atoms with van der Waals surface area (Å²) < 4.78 is 20.5. The highest BCUT2D eigenvalue weighted by atomic mass is 19.1. The van der Waals surface area contributed by atoms with Gasteiger partial charge in [0.15, 0.2) is 0 Å². The molecule has 6 heteroatoms. The third-order valence-electron chi connectivity index (χ3n) is 5.41. The number of pyridine rings is 1. The van der Waals surface area contributed by atoms with Crippen molar-refractivity contribution in [2.24, 2.45) is 0 Å². The van der Waals surface area contributed by atoms with Crippen LogP contribution in [0, 0.1) is 5.82 Å². The van der Waals surface area contributed by atoms with E-state index in [1.165, 1.54) is 6.07 Å². The van der Waals surface area contributed by atoms with Crippen molar-refractivity contribution in [1.82, 2.24) is 15.2 Å². The number of carbonyl (C=O) groups is 1. The number of amides is 1.